The number of esters is 1. The van der Waals surface area contributed by atoms with E-state index in [-0.39, 0.29) is 38.1 Å². The molecule has 7 N–H and O–H groups in total. The normalized spacial score (nSPS) is 13.1. The number of hydrogen-bond acceptors (Lipinski definition) is 9. The zero-order valence-corrected chi connectivity index (χ0v) is 34.5. The van der Waals surface area contributed by atoms with Gasteiger partial charge in [0.2, 0.25) is 17.7 Å². The maximum absolute atomic E-state index is 14.3. The molecule has 0 aliphatic carbocycles. The number of para-hydroxylation sites is 1. The fourth-order valence-electron chi connectivity index (χ4n) is 6.87. The van der Waals surface area contributed by atoms with Crippen LogP contribution in [-0.4, -0.2) is 71.4 Å². The molecular weight excluding hydrogens is 793 g/mol. The molecule has 0 unspecified atom stereocenters. The second-order valence-corrected chi connectivity index (χ2v) is 14.6. The number of nitrogens with zero attached hydrogens (tertiary/aromatic N) is 2. The monoisotopic (exact) mass is 844 g/mol. The Balaban J connectivity index is 1.33. The molecule has 0 radical (unpaired) electrons. The third-order valence-corrected chi connectivity index (χ3v) is 10.1. The number of allylic oxidation sites excluding steroid dienone is 1. The summed E-state index contributed by atoms with van der Waals surface area (Å²) in [5.41, 5.74) is 11.6. The first-order valence-electron chi connectivity index (χ1n) is 20.2. The van der Waals surface area contributed by atoms with Crippen molar-refractivity contribution in [2.45, 2.75) is 63.3 Å². The molecule has 0 saturated carbocycles. The Morgan fingerprint density at radius 1 is 0.790 bits per heavy atom. The van der Waals surface area contributed by atoms with Crippen molar-refractivity contribution >= 4 is 40.6 Å². The van der Waals surface area contributed by atoms with E-state index in [2.05, 4.69) is 32.5 Å². The summed E-state index contributed by atoms with van der Waals surface area (Å²) in [7, 11) is 1.21. The molecule has 0 saturated heterocycles. The first-order chi connectivity index (χ1) is 30.0. The summed E-state index contributed by atoms with van der Waals surface area (Å²) < 4.78 is 11.0. The van der Waals surface area contributed by atoms with Crippen molar-refractivity contribution in [3.05, 3.63) is 160 Å². The Bertz CT molecular complexity index is 2300. The van der Waals surface area contributed by atoms with Gasteiger partial charge in [0.1, 0.15) is 30.5 Å². The highest BCUT2D eigenvalue weighted by Gasteiger charge is 2.32. The quantitative estimate of drug-likeness (QED) is 0.0103. The van der Waals surface area contributed by atoms with Gasteiger partial charge in [0.25, 0.3) is 5.96 Å². The third kappa shape index (κ3) is 14.1. The summed E-state index contributed by atoms with van der Waals surface area (Å²) in [5.74, 6) is -2.78. The van der Waals surface area contributed by atoms with Crippen LogP contribution in [0, 0.1) is 16.0 Å². The molecule has 4 atom stereocenters. The summed E-state index contributed by atoms with van der Waals surface area (Å²) in [6.07, 6.45) is 4.39. The number of nitrogens with two attached hydrogens (primary N) is 1. The largest absolute Gasteiger partial charge is 0.489 e. The predicted octanol–water partition coefficient (Wildman–Crippen LogP) is 4.47. The highest BCUT2D eigenvalue weighted by atomic mass is 16.7. The number of guanidine groups is 1. The van der Waals surface area contributed by atoms with Gasteiger partial charge in [-0.15, -0.1) is 6.58 Å². The number of nitro groups is 1. The van der Waals surface area contributed by atoms with Crippen molar-refractivity contribution < 1.29 is 33.7 Å². The lowest BCUT2D eigenvalue weighted by Crippen LogP contribution is -2.57. The van der Waals surface area contributed by atoms with Crippen molar-refractivity contribution in [2.24, 2.45) is 16.6 Å². The van der Waals surface area contributed by atoms with Crippen LogP contribution in [0.4, 0.5) is 0 Å². The summed E-state index contributed by atoms with van der Waals surface area (Å²) >= 11 is 0. The number of carbonyl (C=O) groups is 4. The number of rotatable bonds is 23. The number of methoxy groups -OCH3 is 1. The van der Waals surface area contributed by atoms with Crippen molar-refractivity contribution in [1.82, 2.24) is 26.4 Å². The fourth-order valence-corrected chi connectivity index (χ4v) is 6.87. The van der Waals surface area contributed by atoms with Gasteiger partial charge in [0.15, 0.2) is 5.03 Å². The molecule has 16 nitrogen and oxygen atoms in total. The molecule has 5 rings (SSSR count). The number of ether oxygens (including phenoxy) is 2. The van der Waals surface area contributed by atoms with Crippen molar-refractivity contribution in [3.63, 3.8) is 0 Å². The van der Waals surface area contributed by atoms with Gasteiger partial charge >= 0.3 is 5.97 Å². The van der Waals surface area contributed by atoms with E-state index >= 15 is 0 Å². The van der Waals surface area contributed by atoms with Crippen LogP contribution in [-0.2, 0) is 49.8 Å². The van der Waals surface area contributed by atoms with Crippen LogP contribution in [0.3, 0.4) is 0 Å². The van der Waals surface area contributed by atoms with Gasteiger partial charge in [-0.2, -0.15) is 0 Å². The number of aliphatic imine (C=N–C) groups is 1. The van der Waals surface area contributed by atoms with Crippen LogP contribution in [0.5, 0.6) is 5.75 Å². The van der Waals surface area contributed by atoms with E-state index in [0.29, 0.717) is 25.2 Å². The zero-order valence-electron chi connectivity index (χ0n) is 34.5. The molecule has 0 aliphatic heterocycles. The molecule has 62 heavy (non-hydrogen) atoms. The second-order valence-electron chi connectivity index (χ2n) is 14.6. The Labute approximate surface area is 359 Å². The zero-order chi connectivity index (χ0) is 44.3. The number of carbonyl (C=O) groups excluding carboxylic acids is 4. The molecule has 1 aromatic heterocycles. The van der Waals surface area contributed by atoms with E-state index in [1.54, 1.807) is 17.7 Å². The summed E-state index contributed by atoms with van der Waals surface area (Å²) in [4.78, 5) is 73.4. The molecule has 0 aliphatic rings. The maximum Gasteiger partial charge on any atom is 0.328 e. The van der Waals surface area contributed by atoms with Gasteiger partial charge in [0, 0.05) is 42.4 Å². The number of aromatic amines is 1. The van der Waals surface area contributed by atoms with Crippen molar-refractivity contribution in [3.8, 4) is 5.75 Å². The van der Waals surface area contributed by atoms with E-state index < -0.39 is 52.8 Å². The lowest BCUT2D eigenvalue weighted by atomic mass is 9.94. The lowest BCUT2D eigenvalue weighted by molar-refractivity contribution is -0.525. The van der Waals surface area contributed by atoms with Crippen LogP contribution >= 0.6 is 0 Å². The molecule has 0 bridgehead atoms. The lowest BCUT2D eigenvalue weighted by Gasteiger charge is -2.26. The Hall–Kier alpha value is -7.49. The Kier molecular flexibility index (Phi) is 17.2. The minimum atomic E-state index is -1.24. The molecule has 3 amide bonds. The van der Waals surface area contributed by atoms with Gasteiger partial charge in [0.05, 0.1) is 7.11 Å². The SMILES string of the molecule is C=CC[C@@H](Cc1ccc(OCc2ccccc2)cc1)C(=O)N[C@H](Cc1ccccc1)C(=O)N[C@@H](CCCN=C(N)N[N+](=O)[O-])C(=O)N[C@@H](Cc1c[nH]c2ccccc12)C(=O)OC. The number of hydrazine groups is 1. The number of benzene rings is 4. The maximum atomic E-state index is 14.3. The van der Waals surface area contributed by atoms with E-state index in [0.717, 1.165) is 33.2 Å². The highest BCUT2D eigenvalue weighted by Crippen LogP contribution is 2.21. The number of nitrogens with one attached hydrogen (secondary N) is 5. The Morgan fingerprint density at radius 2 is 1.40 bits per heavy atom. The molecule has 5 aromatic rings. The Morgan fingerprint density at radius 3 is 2.08 bits per heavy atom. The molecule has 0 fully saturated rings. The van der Waals surface area contributed by atoms with Crippen LogP contribution < -0.4 is 31.8 Å². The van der Waals surface area contributed by atoms with Crippen molar-refractivity contribution in [1.29, 1.82) is 0 Å². The van der Waals surface area contributed by atoms with Gasteiger partial charge in [-0.3, -0.25) is 14.4 Å². The number of amides is 3. The first-order valence-corrected chi connectivity index (χ1v) is 20.2. The van der Waals surface area contributed by atoms with Gasteiger partial charge in [-0.1, -0.05) is 102 Å². The topological polar surface area (TPSA) is 232 Å². The molecule has 4 aromatic carbocycles. The summed E-state index contributed by atoms with van der Waals surface area (Å²) in [6.45, 7) is 4.24. The van der Waals surface area contributed by atoms with Gasteiger partial charge in [-0.05, 0) is 66.1 Å². The summed E-state index contributed by atoms with van der Waals surface area (Å²) in [5, 5.41) is 19.3. The molecule has 324 valence electrons. The van der Waals surface area contributed by atoms with Gasteiger partial charge < -0.3 is 36.1 Å². The van der Waals surface area contributed by atoms with Gasteiger partial charge in [-0.25, -0.2) is 19.9 Å². The van der Waals surface area contributed by atoms with Crippen LogP contribution in [0.1, 0.15) is 41.5 Å². The molecular formula is C46H52N8O8. The highest BCUT2D eigenvalue weighted by molar-refractivity contribution is 5.94. The van der Waals surface area contributed by atoms with Crippen molar-refractivity contribution in [2.75, 3.05) is 13.7 Å². The third-order valence-electron chi connectivity index (χ3n) is 10.1. The van der Waals surface area contributed by atoms with E-state index in [1.807, 2.05) is 109 Å². The van der Waals surface area contributed by atoms with E-state index in [4.69, 9.17) is 15.2 Å². The standard InChI is InChI=1S/C46H52N8O8/c1-3-13-34(26-32-21-23-36(24-22-32)62-30-33-16-8-5-9-17-33)42(55)51-40(27-31-14-6-4-7-15-31)44(57)50-39(20-12-25-48-46(47)53-54(59)60)43(56)52-41(45(58)61-2)28-35-29-49-38-19-11-10-18-37(35)38/h3-11,14-19,21-24,29,34,39-41,49H,1,12-13,20,25-28,30H2,2H3,(H,50,57)(H,51,55)(H,52,56)(H3,47,48,53)/t34-,39-,40+,41-/m0/s1. The number of aromatic nitrogens is 1. The smallest absolute Gasteiger partial charge is 0.328 e. The summed E-state index contributed by atoms with van der Waals surface area (Å²) in [6, 6.07) is 30.4. The minimum absolute atomic E-state index is 0.00997. The average molecular weight is 845 g/mol. The predicted molar refractivity (Wildman–Crippen MR) is 235 cm³/mol. The fraction of sp³-hybridized carbons (Fsp3) is 0.283. The van der Waals surface area contributed by atoms with Crippen LogP contribution in [0.25, 0.3) is 10.9 Å². The number of hydrogen-bond donors (Lipinski definition) is 6. The van der Waals surface area contributed by atoms with E-state index in [1.165, 1.54) is 7.11 Å². The minimum Gasteiger partial charge on any atom is -0.489 e. The number of fused-ring (bicyclic) bond motifs is 1. The number of H-pyrrole nitrogens is 1. The molecule has 16 heteroatoms. The second kappa shape index (κ2) is 23.3. The molecule has 0 spiro atoms. The van der Waals surface area contributed by atoms with E-state index in [9.17, 15) is 29.3 Å². The molecule has 1 heterocycles. The van der Waals surface area contributed by atoms with Crippen LogP contribution in [0.15, 0.2) is 133 Å². The van der Waals surface area contributed by atoms with Crippen LogP contribution in [0.2, 0.25) is 0 Å². The first kappa shape index (κ1) is 45.6. The average Bonchev–Trinajstić information content (AvgIpc) is 3.69.